The quantitative estimate of drug-likeness (QED) is 0.751. The summed E-state index contributed by atoms with van der Waals surface area (Å²) in [6.07, 6.45) is 0. The molecule has 1 heterocycles. The Bertz CT molecular complexity index is 291. The molecular formula is C18H40N2O2. The normalized spacial score (nSPS) is 19.2. The molecule has 134 valence electrons. The van der Waals surface area contributed by atoms with Crippen LogP contribution in [0, 0.1) is 0 Å². The maximum absolute atomic E-state index is 5.38. The number of rotatable bonds is 6. The third-order valence-corrected chi connectivity index (χ3v) is 4.47. The predicted molar refractivity (Wildman–Crippen MR) is 95.6 cm³/mol. The Morgan fingerprint density at radius 2 is 1.86 bits per heavy atom. The molecule has 0 saturated carbocycles. The van der Waals surface area contributed by atoms with E-state index in [0.29, 0.717) is 6.04 Å². The maximum atomic E-state index is 5.38. The predicted octanol–water partition coefficient (Wildman–Crippen LogP) is 3.26. The van der Waals surface area contributed by atoms with E-state index in [9.17, 15) is 0 Å². The molecule has 0 radical (unpaired) electrons. The first-order valence-corrected chi connectivity index (χ1v) is 8.71. The molecule has 0 spiro atoms. The van der Waals surface area contributed by atoms with E-state index in [1.54, 1.807) is 7.11 Å². The molecule has 0 bridgehead atoms. The van der Waals surface area contributed by atoms with Crippen molar-refractivity contribution in [1.82, 2.24) is 9.80 Å². The average molecular weight is 317 g/mol. The van der Waals surface area contributed by atoms with Crippen molar-refractivity contribution in [2.75, 3.05) is 46.5 Å². The molecule has 0 aromatic carbocycles. The third kappa shape index (κ3) is 7.91. The van der Waals surface area contributed by atoms with Gasteiger partial charge in [0.25, 0.3) is 0 Å². The van der Waals surface area contributed by atoms with Crippen molar-refractivity contribution < 1.29 is 9.47 Å². The Morgan fingerprint density at radius 3 is 2.18 bits per heavy atom. The zero-order valence-corrected chi connectivity index (χ0v) is 16.5. The van der Waals surface area contributed by atoms with Gasteiger partial charge in [-0.2, -0.15) is 0 Å². The van der Waals surface area contributed by atoms with E-state index in [1.807, 2.05) is 0 Å². The van der Waals surface area contributed by atoms with Gasteiger partial charge in [-0.3, -0.25) is 9.80 Å². The van der Waals surface area contributed by atoms with Crippen molar-refractivity contribution in [3.8, 4) is 0 Å². The van der Waals surface area contributed by atoms with Crippen molar-refractivity contribution in [3.05, 3.63) is 0 Å². The molecule has 4 heteroatoms. The van der Waals surface area contributed by atoms with E-state index in [4.69, 9.17) is 9.47 Å². The molecule has 0 aromatic heterocycles. The summed E-state index contributed by atoms with van der Waals surface area (Å²) < 4.78 is 10.8. The lowest BCUT2D eigenvalue weighted by Crippen LogP contribution is -2.52. The molecule has 4 nitrogen and oxygen atoms in total. The topological polar surface area (TPSA) is 24.9 Å². The van der Waals surface area contributed by atoms with Crippen LogP contribution in [0.1, 0.15) is 55.4 Å². The third-order valence-electron chi connectivity index (χ3n) is 4.47. The van der Waals surface area contributed by atoms with Crippen LogP contribution in [-0.4, -0.2) is 73.5 Å². The van der Waals surface area contributed by atoms with E-state index in [1.165, 1.54) is 0 Å². The molecule has 0 atom stereocenters. The van der Waals surface area contributed by atoms with Crippen LogP contribution in [-0.2, 0) is 9.47 Å². The number of methoxy groups -OCH3 is 1. The monoisotopic (exact) mass is 316 g/mol. The highest BCUT2D eigenvalue weighted by atomic mass is 16.5. The summed E-state index contributed by atoms with van der Waals surface area (Å²) >= 11 is 0. The maximum Gasteiger partial charge on any atom is 0.0749 e. The standard InChI is InChI=1S/C10H23NO.C8H17NO/c1-7-11(9(2)3)8-10(4,5)12-6;1-4-9-5-6-10-7-8(9,2)3/h9H,7-8H2,1-6H3;4-7H2,1-3H3. The van der Waals surface area contributed by atoms with E-state index in [0.717, 1.165) is 39.4 Å². The van der Waals surface area contributed by atoms with E-state index < -0.39 is 0 Å². The molecule has 1 fully saturated rings. The van der Waals surface area contributed by atoms with Crippen LogP contribution in [0.4, 0.5) is 0 Å². The Kier molecular flexibility index (Phi) is 9.79. The van der Waals surface area contributed by atoms with Crippen LogP contribution in [0.3, 0.4) is 0 Å². The second-order valence-corrected chi connectivity index (χ2v) is 7.57. The minimum atomic E-state index is -0.0275. The van der Waals surface area contributed by atoms with Gasteiger partial charge < -0.3 is 9.47 Å². The van der Waals surface area contributed by atoms with Crippen molar-refractivity contribution >= 4 is 0 Å². The second kappa shape index (κ2) is 9.86. The summed E-state index contributed by atoms with van der Waals surface area (Å²) in [5, 5.41) is 0. The SMILES string of the molecule is CCN(CC(C)(C)OC)C(C)C.CCN1CCOCC1(C)C. The average Bonchev–Trinajstić information content (AvgIpc) is 2.45. The largest absolute Gasteiger partial charge is 0.378 e. The molecule has 0 aliphatic carbocycles. The Balaban J connectivity index is 0.000000406. The van der Waals surface area contributed by atoms with Crippen molar-refractivity contribution in [2.45, 2.75) is 72.6 Å². The van der Waals surface area contributed by atoms with Crippen LogP contribution in [0.25, 0.3) is 0 Å². The number of morpholine rings is 1. The summed E-state index contributed by atoms with van der Waals surface area (Å²) in [4.78, 5) is 4.86. The van der Waals surface area contributed by atoms with Crippen molar-refractivity contribution in [3.63, 3.8) is 0 Å². The zero-order valence-electron chi connectivity index (χ0n) is 16.5. The van der Waals surface area contributed by atoms with Crippen LogP contribution in [0.5, 0.6) is 0 Å². The van der Waals surface area contributed by atoms with Gasteiger partial charge in [0.05, 0.1) is 18.8 Å². The number of hydrogen-bond acceptors (Lipinski definition) is 4. The number of ether oxygens (including phenoxy) is 2. The van der Waals surface area contributed by atoms with Gasteiger partial charge in [-0.25, -0.2) is 0 Å². The molecular weight excluding hydrogens is 276 g/mol. The summed E-state index contributed by atoms with van der Waals surface area (Å²) in [6, 6.07) is 0.601. The minimum Gasteiger partial charge on any atom is -0.378 e. The molecule has 0 aromatic rings. The molecule has 0 amide bonds. The molecule has 22 heavy (non-hydrogen) atoms. The van der Waals surface area contributed by atoms with Crippen LogP contribution in [0.2, 0.25) is 0 Å². The van der Waals surface area contributed by atoms with Gasteiger partial charge in [0.1, 0.15) is 0 Å². The highest BCUT2D eigenvalue weighted by Crippen LogP contribution is 2.17. The lowest BCUT2D eigenvalue weighted by atomic mass is 10.0. The van der Waals surface area contributed by atoms with Crippen LogP contribution in [0.15, 0.2) is 0 Å². The number of nitrogens with zero attached hydrogens (tertiary/aromatic N) is 2. The fraction of sp³-hybridized carbons (Fsp3) is 1.00. The summed E-state index contributed by atoms with van der Waals surface area (Å²) in [5.74, 6) is 0. The smallest absolute Gasteiger partial charge is 0.0749 e. The van der Waals surface area contributed by atoms with Gasteiger partial charge in [-0.1, -0.05) is 13.8 Å². The molecule has 1 aliphatic rings. The van der Waals surface area contributed by atoms with Gasteiger partial charge in [-0.15, -0.1) is 0 Å². The van der Waals surface area contributed by atoms with Gasteiger partial charge >= 0.3 is 0 Å². The molecule has 0 unspecified atom stereocenters. The van der Waals surface area contributed by atoms with Crippen LogP contribution < -0.4 is 0 Å². The van der Waals surface area contributed by atoms with E-state index in [2.05, 4.69) is 65.2 Å². The zero-order chi connectivity index (χ0) is 17.4. The van der Waals surface area contributed by atoms with Crippen LogP contribution >= 0.6 is 0 Å². The lowest BCUT2D eigenvalue weighted by Gasteiger charge is -2.41. The Hall–Kier alpha value is -0.160. The molecule has 1 rings (SSSR count). The van der Waals surface area contributed by atoms with Gasteiger partial charge in [0.15, 0.2) is 0 Å². The highest BCUT2D eigenvalue weighted by molar-refractivity contribution is 4.83. The fourth-order valence-corrected chi connectivity index (χ4v) is 2.69. The lowest BCUT2D eigenvalue weighted by molar-refractivity contribution is -0.0481. The van der Waals surface area contributed by atoms with Crippen molar-refractivity contribution in [1.29, 1.82) is 0 Å². The number of likely N-dealkylation sites (N-methyl/N-ethyl adjacent to an activating group) is 2. The first kappa shape index (κ1) is 21.8. The van der Waals surface area contributed by atoms with E-state index >= 15 is 0 Å². The first-order chi connectivity index (χ1) is 10.1. The summed E-state index contributed by atoms with van der Waals surface area (Å²) in [7, 11) is 1.77. The van der Waals surface area contributed by atoms with Gasteiger partial charge in [-0.05, 0) is 54.6 Å². The Labute approximate surface area is 139 Å². The summed E-state index contributed by atoms with van der Waals surface area (Å²) in [6.45, 7) is 23.6. The fourth-order valence-electron chi connectivity index (χ4n) is 2.69. The molecule has 1 aliphatic heterocycles. The van der Waals surface area contributed by atoms with Gasteiger partial charge in [0.2, 0.25) is 0 Å². The first-order valence-electron chi connectivity index (χ1n) is 8.71. The molecule has 1 saturated heterocycles. The Morgan fingerprint density at radius 1 is 1.27 bits per heavy atom. The van der Waals surface area contributed by atoms with E-state index in [-0.39, 0.29) is 11.1 Å². The minimum absolute atomic E-state index is 0.0275. The number of hydrogen-bond donors (Lipinski definition) is 0. The molecule has 0 N–H and O–H groups in total. The highest BCUT2D eigenvalue weighted by Gasteiger charge is 2.28. The summed E-state index contributed by atoms with van der Waals surface area (Å²) in [5.41, 5.74) is 0.229. The second-order valence-electron chi connectivity index (χ2n) is 7.57. The van der Waals surface area contributed by atoms with Crippen molar-refractivity contribution in [2.24, 2.45) is 0 Å². The van der Waals surface area contributed by atoms with Gasteiger partial charge in [0, 0.05) is 31.8 Å².